The molecule has 1 atom stereocenters. The van der Waals surface area contributed by atoms with Crippen LogP contribution in [0.1, 0.15) is 49.2 Å². The average molecular weight is 419 g/mol. The molecule has 2 heterocycles. The van der Waals surface area contributed by atoms with Crippen LogP contribution in [0.4, 0.5) is 5.69 Å². The van der Waals surface area contributed by atoms with Gasteiger partial charge >= 0.3 is 0 Å². The summed E-state index contributed by atoms with van der Waals surface area (Å²) in [6.45, 7) is 3.87. The quantitative estimate of drug-likeness (QED) is 0.608. The molecule has 1 aliphatic heterocycles. The Morgan fingerprint density at radius 1 is 0.903 bits per heavy atom. The summed E-state index contributed by atoms with van der Waals surface area (Å²) in [5, 5.41) is 13.1. The minimum Gasteiger partial charge on any atom is -0.497 e. The number of aromatic nitrogens is 4. The van der Waals surface area contributed by atoms with E-state index in [-0.39, 0.29) is 6.04 Å². The van der Waals surface area contributed by atoms with Crippen molar-refractivity contribution in [2.75, 3.05) is 38.2 Å². The molecule has 2 aromatic carbocycles. The van der Waals surface area contributed by atoms with Gasteiger partial charge in [-0.1, -0.05) is 43.2 Å². The zero-order chi connectivity index (χ0) is 21.0. The Labute approximate surface area is 183 Å². The van der Waals surface area contributed by atoms with Crippen molar-refractivity contribution in [3.05, 3.63) is 66.0 Å². The predicted molar refractivity (Wildman–Crippen MR) is 120 cm³/mol. The number of tetrazole rings is 1. The number of piperazine rings is 1. The van der Waals surface area contributed by atoms with Crippen molar-refractivity contribution in [2.24, 2.45) is 0 Å². The van der Waals surface area contributed by atoms with Gasteiger partial charge in [0.25, 0.3) is 0 Å². The highest BCUT2D eigenvalue weighted by Gasteiger charge is 2.33. The molecule has 31 heavy (non-hydrogen) atoms. The van der Waals surface area contributed by atoms with Crippen LogP contribution in [0.5, 0.6) is 5.75 Å². The molecular formula is C24H30N6O. The van der Waals surface area contributed by atoms with Crippen LogP contribution in [0.3, 0.4) is 0 Å². The lowest BCUT2D eigenvalue weighted by Crippen LogP contribution is -2.48. The molecule has 162 valence electrons. The maximum absolute atomic E-state index is 5.30. The summed E-state index contributed by atoms with van der Waals surface area (Å²) in [5.74, 6) is 1.88. The van der Waals surface area contributed by atoms with Crippen LogP contribution < -0.4 is 9.64 Å². The molecular weight excluding hydrogens is 388 g/mol. The maximum atomic E-state index is 5.30. The molecule has 5 rings (SSSR count). The lowest BCUT2D eigenvalue weighted by Gasteiger charge is -2.40. The Hall–Kier alpha value is -2.93. The van der Waals surface area contributed by atoms with Gasteiger partial charge in [0.15, 0.2) is 5.82 Å². The lowest BCUT2D eigenvalue weighted by molar-refractivity contribution is 0.197. The molecule has 2 aliphatic rings. The lowest BCUT2D eigenvalue weighted by atomic mass is 10.0. The van der Waals surface area contributed by atoms with Crippen molar-refractivity contribution >= 4 is 5.69 Å². The van der Waals surface area contributed by atoms with Crippen LogP contribution in [0.15, 0.2) is 54.6 Å². The summed E-state index contributed by atoms with van der Waals surface area (Å²) < 4.78 is 7.41. The van der Waals surface area contributed by atoms with E-state index >= 15 is 0 Å². The number of rotatable bonds is 6. The second-order valence-corrected chi connectivity index (χ2v) is 8.45. The van der Waals surface area contributed by atoms with Crippen LogP contribution in [0, 0.1) is 0 Å². The molecule has 1 saturated carbocycles. The minimum absolute atomic E-state index is 0.0785. The second kappa shape index (κ2) is 9.06. The van der Waals surface area contributed by atoms with Crippen LogP contribution in [0.2, 0.25) is 0 Å². The number of ether oxygens (including phenoxy) is 1. The first kappa shape index (κ1) is 20.0. The predicted octanol–water partition coefficient (Wildman–Crippen LogP) is 3.71. The minimum atomic E-state index is 0.0785. The molecule has 2 fully saturated rings. The maximum Gasteiger partial charge on any atom is 0.173 e. The Bertz CT molecular complexity index is 959. The molecule has 0 spiro atoms. The van der Waals surface area contributed by atoms with Crippen LogP contribution in [-0.2, 0) is 0 Å². The van der Waals surface area contributed by atoms with E-state index in [0.29, 0.717) is 6.04 Å². The van der Waals surface area contributed by atoms with Crippen LogP contribution in [0.25, 0.3) is 0 Å². The normalized spacial score (nSPS) is 18.9. The largest absolute Gasteiger partial charge is 0.497 e. The monoisotopic (exact) mass is 418 g/mol. The van der Waals surface area contributed by atoms with E-state index in [9.17, 15) is 0 Å². The SMILES string of the molecule is COc1ccc(N2CCN(C(c3ccccc3)c3nnnn3C3CCCC3)CC2)cc1. The number of methoxy groups -OCH3 is 1. The van der Waals surface area contributed by atoms with E-state index in [1.807, 2.05) is 12.1 Å². The van der Waals surface area contributed by atoms with E-state index in [4.69, 9.17) is 4.74 Å². The summed E-state index contributed by atoms with van der Waals surface area (Å²) >= 11 is 0. The summed E-state index contributed by atoms with van der Waals surface area (Å²) in [4.78, 5) is 4.98. The molecule has 0 amide bonds. The zero-order valence-electron chi connectivity index (χ0n) is 18.1. The van der Waals surface area contributed by atoms with Crippen molar-refractivity contribution in [1.29, 1.82) is 0 Å². The number of nitrogens with zero attached hydrogens (tertiary/aromatic N) is 6. The van der Waals surface area contributed by atoms with Crippen molar-refractivity contribution < 1.29 is 4.74 Å². The van der Waals surface area contributed by atoms with Gasteiger partial charge in [0.05, 0.1) is 19.2 Å². The Morgan fingerprint density at radius 2 is 1.61 bits per heavy atom. The van der Waals surface area contributed by atoms with Gasteiger partial charge in [0.2, 0.25) is 0 Å². The second-order valence-electron chi connectivity index (χ2n) is 8.45. The smallest absolute Gasteiger partial charge is 0.173 e. The molecule has 0 N–H and O–H groups in total. The van der Waals surface area contributed by atoms with Crippen LogP contribution in [-0.4, -0.2) is 58.4 Å². The summed E-state index contributed by atoms with van der Waals surface area (Å²) in [5.41, 5.74) is 2.50. The van der Waals surface area contributed by atoms with Gasteiger partial charge in [0.1, 0.15) is 5.75 Å². The van der Waals surface area contributed by atoms with Gasteiger partial charge in [-0.2, -0.15) is 0 Å². The van der Waals surface area contributed by atoms with Crippen molar-refractivity contribution in [2.45, 2.75) is 37.8 Å². The number of benzene rings is 2. The van der Waals surface area contributed by atoms with E-state index in [0.717, 1.165) is 37.8 Å². The summed E-state index contributed by atoms with van der Waals surface area (Å²) in [6.07, 6.45) is 4.87. The number of hydrogen-bond acceptors (Lipinski definition) is 6. The van der Waals surface area contributed by atoms with E-state index in [1.165, 1.54) is 36.9 Å². The Kier molecular flexibility index (Phi) is 5.84. The van der Waals surface area contributed by atoms with Gasteiger partial charge in [0, 0.05) is 31.9 Å². The molecule has 0 radical (unpaired) electrons. The van der Waals surface area contributed by atoms with Gasteiger partial charge < -0.3 is 9.64 Å². The molecule has 1 aliphatic carbocycles. The van der Waals surface area contributed by atoms with Crippen LogP contribution >= 0.6 is 0 Å². The first-order valence-corrected chi connectivity index (χ1v) is 11.3. The molecule has 7 nitrogen and oxygen atoms in total. The number of hydrogen-bond donors (Lipinski definition) is 0. The topological polar surface area (TPSA) is 59.3 Å². The van der Waals surface area contributed by atoms with E-state index in [1.54, 1.807) is 7.11 Å². The fraction of sp³-hybridized carbons (Fsp3) is 0.458. The highest BCUT2D eigenvalue weighted by atomic mass is 16.5. The van der Waals surface area contributed by atoms with Crippen molar-refractivity contribution in [3.63, 3.8) is 0 Å². The molecule has 1 aromatic heterocycles. The highest BCUT2D eigenvalue weighted by Crippen LogP contribution is 2.34. The third kappa shape index (κ3) is 4.14. The van der Waals surface area contributed by atoms with Gasteiger partial charge in [-0.25, -0.2) is 4.68 Å². The highest BCUT2D eigenvalue weighted by molar-refractivity contribution is 5.49. The molecule has 1 unspecified atom stereocenters. The molecule has 3 aromatic rings. The molecule has 7 heteroatoms. The Morgan fingerprint density at radius 3 is 2.29 bits per heavy atom. The van der Waals surface area contributed by atoms with E-state index < -0.39 is 0 Å². The fourth-order valence-corrected chi connectivity index (χ4v) is 4.98. The van der Waals surface area contributed by atoms with Gasteiger partial charge in [-0.05, 0) is 53.1 Å². The standard InChI is InChI=1S/C24H30N6O/c1-31-22-13-11-20(12-14-22)28-15-17-29(18-16-28)23(19-7-3-2-4-8-19)24-25-26-27-30(24)21-9-5-6-10-21/h2-4,7-8,11-14,21,23H,5-6,9-10,15-18H2,1H3. The Balaban J connectivity index is 1.38. The van der Waals surface area contributed by atoms with Crippen molar-refractivity contribution in [3.8, 4) is 5.75 Å². The molecule has 0 bridgehead atoms. The van der Waals surface area contributed by atoms with E-state index in [2.05, 4.69) is 72.5 Å². The third-order valence-electron chi connectivity index (χ3n) is 6.67. The summed E-state index contributed by atoms with van der Waals surface area (Å²) in [7, 11) is 1.71. The van der Waals surface area contributed by atoms with Crippen molar-refractivity contribution in [1.82, 2.24) is 25.1 Å². The van der Waals surface area contributed by atoms with Gasteiger partial charge in [-0.15, -0.1) is 5.10 Å². The van der Waals surface area contributed by atoms with Gasteiger partial charge in [-0.3, -0.25) is 4.90 Å². The fourth-order valence-electron chi connectivity index (χ4n) is 4.98. The first-order valence-electron chi connectivity index (χ1n) is 11.3. The number of anilines is 1. The average Bonchev–Trinajstić information content (AvgIpc) is 3.53. The third-order valence-corrected chi connectivity index (χ3v) is 6.67. The summed E-state index contributed by atoms with van der Waals surface area (Å²) in [6, 6.07) is 19.6. The zero-order valence-corrected chi connectivity index (χ0v) is 18.1. The molecule has 1 saturated heterocycles. The first-order chi connectivity index (χ1) is 15.3.